The van der Waals surface area contributed by atoms with Gasteiger partial charge in [0.15, 0.2) is 0 Å². The van der Waals surface area contributed by atoms with E-state index in [1.54, 1.807) is 0 Å². The minimum Gasteiger partial charge on any atom is -0.310 e. The fourth-order valence-corrected chi connectivity index (χ4v) is 3.78. The number of thiophene rings is 1. The van der Waals surface area contributed by atoms with E-state index in [4.69, 9.17) is 5.14 Å². The largest absolute Gasteiger partial charge is 0.310 e. The molecule has 6 heteroatoms. The Labute approximate surface area is 106 Å². The fourth-order valence-electron chi connectivity index (χ4n) is 2.25. The fraction of sp³-hybridized carbons (Fsp3) is 0.636. The third-order valence-electron chi connectivity index (χ3n) is 3.05. The summed E-state index contributed by atoms with van der Waals surface area (Å²) < 4.78 is 21.6. The van der Waals surface area contributed by atoms with Gasteiger partial charge in [0.05, 0.1) is 5.75 Å². The lowest BCUT2D eigenvalue weighted by atomic mass is 9.94. The van der Waals surface area contributed by atoms with Gasteiger partial charge < -0.3 is 5.32 Å². The first-order chi connectivity index (χ1) is 8.06. The summed E-state index contributed by atoms with van der Waals surface area (Å²) in [7, 11) is -3.31. The van der Waals surface area contributed by atoms with E-state index in [0.717, 1.165) is 6.42 Å². The van der Waals surface area contributed by atoms with Crippen LogP contribution in [0.1, 0.15) is 35.7 Å². The van der Waals surface area contributed by atoms with Gasteiger partial charge in [0.25, 0.3) is 0 Å². The molecule has 96 valence electrons. The Morgan fingerprint density at radius 1 is 1.53 bits per heavy atom. The number of nitrogens with two attached hydrogens (primary N) is 1. The molecule has 0 fully saturated rings. The Hall–Kier alpha value is -0.430. The summed E-state index contributed by atoms with van der Waals surface area (Å²) in [5, 5.41) is 10.5. The SMILES string of the molecule is NS(=O)(=O)CCCNC1CCCc2sccc21. The molecule has 0 amide bonds. The van der Waals surface area contributed by atoms with Crippen molar-refractivity contribution in [1.82, 2.24) is 5.32 Å². The zero-order valence-corrected chi connectivity index (χ0v) is 11.3. The lowest BCUT2D eigenvalue weighted by Gasteiger charge is -2.23. The third-order valence-corrected chi connectivity index (χ3v) is 4.90. The van der Waals surface area contributed by atoms with Crippen molar-refractivity contribution in [3.8, 4) is 0 Å². The molecule has 0 spiro atoms. The van der Waals surface area contributed by atoms with E-state index in [-0.39, 0.29) is 5.75 Å². The van der Waals surface area contributed by atoms with Crippen LogP contribution in [-0.4, -0.2) is 20.7 Å². The molecule has 0 aromatic carbocycles. The summed E-state index contributed by atoms with van der Waals surface area (Å²) in [5.41, 5.74) is 1.40. The predicted octanol–water partition coefficient (Wildman–Crippen LogP) is 1.39. The van der Waals surface area contributed by atoms with Gasteiger partial charge in [0, 0.05) is 10.9 Å². The smallest absolute Gasteiger partial charge is 0.209 e. The molecule has 1 atom stereocenters. The average Bonchev–Trinajstić information content (AvgIpc) is 2.71. The number of primary sulfonamides is 1. The summed E-state index contributed by atoms with van der Waals surface area (Å²) >= 11 is 1.82. The van der Waals surface area contributed by atoms with Gasteiger partial charge in [-0.3, -0.25) is 0 Å². The van der Waals surface area contributed by atoms with E-state index in [1.165, 1.54) is 23.3 Å². The van der Waals surface area contributed by atoms with Crippen LogP contribution in [0.2, 0.25) is 0 Å². The maximum Gasteiger partial charge on any atom is 0.209 e. The van der Waals surface area contributed by atoms with E-state index in [2.05, 4.69) is 16.8 Å². The summed E-state index contributed by atoms with van der Waals surface area (Å²) in [6.45, 7) is 0.705. The van der Waals surface area contributed by atoms with E-state index < -0.39 is 10.0 Å². The van der Waals surface area contributed by atoms with Crippen LogP contribution in [0.4, 0.5) is 0 Å². The second-order valence-corrected chi connectivity index (χ2v) is 7.15. The first-order valence-corrected chi connectivity index (χ1v) is 8.46. The number of hydrogen-bond acceptors (Lipinski definition) is 4. The van der Waals surface area contributed by atoms with Crippen LogP contribution in [0.25, 0.3) is 0 Å². The first-order valence-electron chi connectivity index (χ1n) is 5.86. The van der Waals surface area contributed by atoms with Gasteiger partial charge in [-0.25, -0.2) is 13.6 Å². The monoisotopic (exact) mass is 274 g/mol. The van der Waals surface area contributed by atoms with Gasteiger partial charge in [-0.05, 0) is 49.2 Å². The Morgan fingerprint density at radius 2 is 2.35 bits per heavy atom. The molecular weight excluding hydrogens is 256 g/mol. The van der Waals surface area contributed by atoms with Crippen LogP contribution in [0, 0.1) is 0 Å². The Balaban J connectivity index is 1.82. The number of sulfonamides is 1. The average molecular weight is 274 g/mol. The highest BCUT2D eigenvalue weighted by molar-refractivity contribution is 7.89. The molecule has 3 N–H and O–H groups in total. The second-order valence-electron chi connectivity index (χ2n) is 4.42. The second kappa shape index (κ2) is 5.48. The zero-order chi connectivity index (χ0) is 12.3. The van der Waals surface area contributed by atoms with Crippen molar-refractivity contribution in [1.29, 1.82) is 0 Å². The van der Waals surface area contributed by atoms with Crippen LogP contribution in [0.5, 0.6) is 0 Å². The van der Waals surface area contributed by atoms with Crippen molar-refractivity contribution < 1.29 is 8.42 Å². The van der Waals surface area contributed by atoms with E-state index in [0.29, 0.717) is 19.0 Å². The molecule has 1 heterocycles. The molecule has 0 radical (unpaired) electrons. The van der Waals surface area contributed by atoms with Crippen LogP contribution in [0.15, 0.2) is 11.4 Å². The maximum atomic E-state index is 10.8. The minimum absolute atomic E-state index is 0.0587. The van der Waals surface area contributed by atoms with Gasteiger partial charge in [0.1, 0.15) is 0 Å². The van der Waals surface area contributed by atoms with E-state index in [9.17, 15) is 8.42 Å². The summed E-state index contributed by atoms with van der Waals surface area (Å²) in [6.07, 6.45) is 4.11. The van der Waals surface area contributed by atoms with Gasteiger partial charge in [0.2, 0.25) is 10.0 Å². The van der Waals surface area contributed by atoms with E-state index in [1.807, 2.05) is 11.3 Å². The number of rotatable bonds is 5. The van der Waals surface area contributed by atoms with Crippen molar-refractivity contribution >= 4 is 21.4 Å². The molecule has 0 saturated heterocycles. The Morgan fingerprint density at radius 3 is 3.12 bits per heavy atom. The predicted molar refractivity (Wildman–Crippen MR) is 70.6 cm³/mol. The third kappa shape index (κ3) is 3.77. The molecule has 1 aromatic rings. The molecule has 0 saturated carbocycles. The standard InChI is InChI=1S/C11H18N2O2S2/c12-17(14,15)8-2-6-13-10-3-1-4-11-9(10)5-7-16-11/h5,7,10,13H,1-4,6,8H2,(H2,12,14,15). The maximum absolute atomic E-state index is 10.8. The van der Waals surface area contributed by atoms with Crippen molar-refractivity contribution in [3.05, 3.63) is 21.9 Å². The molecule has 17 heavy (non-hydrogen) atoms. The number of hydrogen-bond donors (Lipinski definition) is 2. The van der Waals surface area contributed by atoms with Crippen LogP contribution in [-0.2, 0) is 16.4 Å². The van der Waals surface area contributed by atoms with Crippen molar-refractivity contribution in [3.63, 3.8) is 0 Å². The molecule has 4 nitrogen and oxygen atoms in total. The highest BCUT2D eigenvalue weighted by Gasteiger charge is 2.20. The molecule has 0 aliphatic heterocycles. The Bertz CT molecular complexity index is 468. The number of fused-ring (bicyclic) bond motifs is 1. The molecular formula is C11H18N2O2S2. The normalized spacial score (nSPS) is 20.2. The van der Waals surface area contributed by atoms with Crippen LogP contribution < -0.4 is 10.5 Å². The van der Waals surface area contributed by atoms with Crippen molar-refractivity contribution in [2.45, 2.75) is 31.7 Å². The molecule has 0 bridgehead atoms. The lowest BCUT2D eigenvalue weighted by Crippen LogP contribution is -2.27. The zero-order valence-electron chi connectivity index (χ0n) is 9.69. The topological polar surface area (TPSA) is 72.2 Å². The van der Waals surface area contributed by atoms with Gasteiger partial charge in [-0.15, -0.1) is 11.3 Å². The van der Waals surface area contributed by atoms with E-state index >= 15 is 0 Å². The number of nitrogens with one attached hydrogen (secondary N) is 1. The van der Waals surface area contributed by atoms with Crippen LogP contribution >= 0.6 is 11.3 Å². The highest BCUT2D eigenvalue weighted by atomic mass is 32.2. The molecule has 1 aliphatic carbocycles. The quantitative estimate of drug-likeness (QED) is 0.797. The van der Waals surface area contributed by atoms with Crippen LogP contribution in [0.3, 0.4) is 0 Å². The van der Waals surface area contributed by atoms with Gasteiger partial charge >= 0.3 is 0 Å². The highest BCUT2D eigenvalue weighted by Crippen LogP contribution is 2.33. The lowest BCUT2D eigenvalue weighted by molar-refractivity contribution is 0.464. The molecule has 1 aromatic heterocycles. The van der Waals surface area contributed by atoms with Crippen molar-refractivity contribution in [2.24, 2.45) is 5.14 Å². The molecule has 1 unspecified atom stereocenters. The van der Waals surface area contributed by atoms with Crippen molar-refractivity contribution in [2.75, 3.05) is 12.3 Å². The summed E-state index contributed by atoms with van der Waals surface area (Å²) in [5.74, 6) is 0.0587. The van der Waals surface area contributed by atoms with Gasteiger partial charge in [-0.1, -0.05) is 0 Å². The van der Waals surface area contributed by atoms with Gasteiger partial charge in [-0.2, -0.15) is 0 Å². The first kappa shape index (κ1) is 13.0. The number of aryl methyl sites for hydroxylation is 1. The minimum atomic E-state index is -3.31. The summed E-state index contributed by atoms with van der Waals surface area (Å²) in [4.78, 5) is 1.47. The Kier molecular flexibility index (Phi) is 4.19. The molecule has 1 aliphatic rings. The molecule has 2 rings (SSSR count). The summed E-state index contributed by atoms with van der Waals surface area (Å²) in [6, 6.07) is 2.57.